The maximum Gasteiger partial charge on any atom is 0.274 e. The van der Waals surface area contributed by atoms with Gasteiger partial charge in [0.2, 0.25) is 0 Å². The Morgan fingerprint density at radius 2 is 1.70 bits per heavy atom. The van der Waals surface area contributed by atoms with Crippen LogP contribution in [0.4, 0.5) is 17.1 Å². The zero-order chi connectivity index (χ0) is 23.7. The standard InChI is InChI=1S/C24H19N3O6/c1-3-33-18-9-7-17(8-10-18)26-23(29)19-11-5-15(12-20(19)24(26)30)22(28)25-16-6-4-14(2)21(13-16)27(31)32/h4-13H,3H2,1-2H3,(H,25,28). The molecule has 0 atom stereocenters. The largest absolute Gasteiger partial charge is 0.494 e. The van der Waals surface area contributed by atoms with Crippen LogP contribution < -0.4 is 15.0 Å². The zero-order valence-corrected chi connectivity index (χ0v) is 17.8. The molecule has 0 radical (unpaired) electrons. The number of benzene rings is 3. The van der Waals surface area contributed by atoms with E-state index in [1.54, 1.807) is 37.3 Å². The van der Waals surface area contributed by atoms with Crippen LogP contribution in [0.1, 0.15) is 43.6 Å². The number of imide groups is 1. The molecule has 1 heterocycles. The predicted molar refractivity (Wildman–Crippen MR) is 121 cm³/mol. The lowest BCUT2D eigenvalue weighted by molar-refractivity contribution is -0.385. The van der Waals surface area contributed by atoms with E-state index in [0.717, 1.165) is 4.90 Å². The number of ether oxygens (including phenoxy) is 1. The van der Waals surface area contributed by atoms with E-state index in [0.29, 0.717) is 23.6 Å². The van der Waals surface area contributed by atoms with Crippen molar-refractivity contribution in [2.75, 3.05) is 16.8 Å². The molecule has 166 valence electrons. The van der Waals surface area contributed by atoms with E-state index in [2.05, 4.69) is 5.32 Å². The van der Waals surface area contributed by atoms with Crippen molar-refractivity contribution in [3.05, 3.63) is 93.0 Å². The fraction of sp³-hybridized carbons (Fsp3) is 0.125. The summed E-state index contributed by atoms with van der Waals surface area (Å²) in [5.74, 6) is -0.969. The third-order valence-corrected chi connectivity index (χ3v) is 5.22. The fourth-order valence-corrected chi connectivity index (χ4v) is 3.56. The number of fused-ring (bicyclic) bond motifs is 1. The van der Waals surface area contributed by atoms with Gasteiger partial charge in [-0.15, -0.1) is 0 Å². The highest BCUT2D eigenvalue weighted by Gasteiger charge is 2.37. The second-order valence-electron chi connectivity index (χ2n) is 7.35. The topological polar surface area (TPSA) is 119 Å². The first-order chi connectivity index (χ1) is 15.8. The van der Waals surface area contributed by atoms with Gasteiger partial charge in [0.05, 0.1) is 28.3 Å². The summed E-state index contributed by atoms with van der Waals surface area (Å²) in [5, 5.41) is 13.7. The number of nitrogens with one attached hydrogen (secondary N) is 1. The number of aryl methyl sites for hydroxylation is 1. The highest BCUT2D eigenvalue weighted by atomic mass is 16.6. The number of hydrogen-bond acceptors (Lipinski definition) is 6. The molecule has 0 bridgehead atoms. The molecule has 1 N–H and O–H groups in total. The molecule has 0 spiro atoms. The number of amides is 3. The van der Waals surface area contributed by atoms with E-state index >= 15 is 0 Å². The van der Waals surface area contributed by atoms with Crippen molar-refractivity contribution in [1.82, 2.24) is 0 Å². The second-order valence-corrected chi connectivity index (χ2v) is 7.35. The van der Waals surface area contributed by atoms with Crippen molar-refractivity contribution in [3.8, 4) is 5.75 Å². The fourth-order valence-electron chi connectivity index (χ4n) is 3.56. The molecule has 0 saturated carbocycles. The van der Waals surface area contributed by atoms with Crippen molar-refractivity contribution in [1.29, 1.82) is 0 Å². The monoisotopic (exact) mass is 445 g/mol. The zero-order valence-electron chi connectivity index (χ0n) is 17.8. The van der Waals surface area contributed by atoms with Gasteiger partial charge in [-0.2, -0.15) is 0 Å². The number of nitro benzene ring substituents is 1. The summed E-state index contributed by atoms with van der Waals surface area (Å²) in [6.07, 6.45) is 0. The molecule has 33 heavy (non-hydrogen) atoms. The molecule has 9 heteroatoms. The lowest BCUT2D eigenvalue weighted by Crippen LogP contribution is -2.29. The first-order valence-electron chi connectivity index (χ1n) is 10.1. The van der Waals surface area contributed by atoms with Crippen LogP contribution in [0.5, 0.6) is 5.75 Å². The Morgan fingerprint density at radius 3 is 2.36 bits per heavy atom. The number of nitro groups is 1. The molecule has 0 unspecified atom stereocenters. The first-order valence-corrected chi connectivity index (χ1v) is 10.1. The van der Waals surface area contributed by atoms with Gasteiger partial charge in [-0.3, -0.25) is 24.5 Å². The summed E-state index contributed by atoms with van der Waals surface area (Å²) < 4.78 is 5.39. The van der Waals surface area contributed by atoms with Gasteiger partial charge in [0, 0.05) is 22.9 Å². The van der Waals surface area contributed by atoms with Crippen LogP contribution in [-0.4, -0.2) is 29.3 Å². The molecule has 3 amide bonds. The number of carbonyl (C=O) groups excluding carboxylic acids is 3. The van der Waals surface area contributed by atoms with E-state index in [-0.39, 0.29) is 28.1 Å². The van der Waals surface area contributed by atoms with Crippen LogP contribution in [0.2, 0.25) is 0 Å². The third-order valence-electron chi connectivity index (χ3n) is 5.22. The van der Waals surface area contributed by atoms with Crippen LogP contribution >= 0.6 is 0 Å². The Kier molecular flexibility index (Phi) is 5.61. The average molecular weight is 445 g/mol. The van der Waals surface area contributed by atoms with Crippen molar-refractivity contribution in [2.24, 2.45) is 0 Å². The minimum absolute atomic E-state index is 0.108. The number of nitrogens with zero attached hydrogens (tertiary/aromatic N) is 2. The van der Waals surface area contributed by atoms with Gasteiger partial charge in [0.1, 0.15) is 5.75 Å². The molecule has 0 saturated heterocycles. The van der Waals surface area contributed by atoms with Gasteiger partial charge < -0.3 is 10.1 Å². The number of rotatable bonds is 6. The van der Waals surface area contributed by atoms with Gasteiger partial charge in [-0.1, -0.05) is 6.07 Å². The Labute approximate surface area is 188 Å². The summed E-state index contributed by atoms with van der Waals surface area (Å²) in [6.45, 7) is 3.95. The molecule has 3 aromatic rings. The summed E-state index contributed by atoms with van der Waals surface area (Å²) in [6, 6.07) is 15.1. The van der Waals surface area contributed by atoms with Gasteiger partial charge >= 0.3 is 0 Å². The van der Waals surface area contributed by atoms with E-state index in [4.69, 9.17) is 4.74 Å². The average Bonchev–Trinajstić information content (AvgIpc) is 3.05. The molecule has 9 nitrogen and oxygen atoms in total. The summed E-state index contributed by atoms with van der Waals surface area (Å²) in [4.78, 5) is 50.2. The minimum atomic E-state index is -0.560. The molecule has 1 aliphatic rings. The lowest BCUT2D eigenvalue weighted by atomic mass is 10.1. The molecule has 0 aromatic heterocycles. The van der Waals surface area contributed by atoms with Gasteiger partial charge in [-0.05, 0) is 62.4 Å². The number of hydrogen-bond donors (Lipinski definition) is 1. The quantitative estimate of drug-likeness (QED) is 0.342. The molecule has 1 aliphatic heterocycles. The van der Waals surface area contributed by atoms with Crippen LogP contribution in [0, 0.1) is 17.0 Å². The molecule has 0 aliphatic carbocycles. The van der Waals surface area contributed by atoms with Crippen molar-refractivity contribution in [3.63, 3.8) is 0 Å². The maximum atomic E-state index is 13.0. The normalized spacial score (nSPS) is 12.5. The van der Waals surface area contributed by atoms with E-state index in [9.17, 15) is 24.5 Å². The Hall–Kier alpha value is -4.53. The molecule has 0 fully saturated rings. The van der Waals surface area contributed by atoms with E-state index in [1.165, 1.54) is 30.3 Å². The molecule has 4 rings (SSSR count). The van der Waals surface area contributed by atoms with E-state index in [1.807, 2.05) is 6.92 Å². The van der Waals surface area contributed by atoms with Crippen molar-refractivity contribution < 1.29 is 24.0 Å². The molecule has 3 aromatic carbocycles. The number of carbonyl (C=O) groups is 3. The first kappa shape index (κ1) is 21.7. The third kappa shape index (κ3) is 4.03. The lowest BCUT2D eigenvalue weighted by Gasteiger charge is -2.14. The summed E-state index contributed by atoms with van der Waals surface area (Å²) in [5.41, 5.74) is 1.43. The van der Waals surface area contributed by atoms with Crippen molar-refractivity contribution in [2.45, 2.75) is 13.8 Å². The summed E-state index contributed by atoms with van der Waals surface area (Å²) in [7, 11) is 0. The minimum Gasteiger partial charge on any atom is -0.494 e. The molecular formula is C24H19N3O6. The van der Waals surface area contributed by atoms with Crippen LogP contribution in [0.15, 0.2) is 60.7 Å². The smallest absolute Gasteiger partial charge is 0.274 e. The van der Waals surface area contributed by atoms with Gasteiger partial charge in [-0.25, -0.2) is 4.90 Å². The highest BCUT2D eigenvalue weighted by molar-refractivity contribution is 6.34. The Bertz CT molecular complexity index is 1300. The van der Waals surface area contributed by atoms with Crippen molar-refractivity contribution >= 4 is 34.8 Å². The predicted octanol–water partition coefficient (Wildman–Crippen LogP) is 4.35. The van der Waals surface area contributed by atoms with Gasteiger partial charge in [0.25, 0.3) is 23.4 Å². The van der Waals surface area contributed by atoms with Crippen LogP contribution in [0.25, 0.3) is 0 Å². The Balaban J connectivity index is 1.58. The van der Waals surface area contributed by atoms with E-state index < -0.39 is 22.6 Å². The summed E-state index contributed by atoms with van der Waals surface area (Å²) >= 11 is 0. The number of anilines is 2. The second kappa shape index (κ2) is 8.54. The van der Waals surface area contributed by atoms with Gasteiger partial charge in [0.15, 0.2) is 0 Å². The molecular weight excluding hydrogens is 426 g/mol. The van der Waals surface area contributed by atoms with Crippen LogP contribution in [0.3, 0.4) is 0 Å². The maximum absolute atomic E-state index is 13.0. The highest BCUT2D eigenvalue weighted by Crippen LogP contribution is 2.30. The SMILES string of the molecule is CCOc1ccc(N2C(=O)c3ccc(C(=O)Nc4ccc(C)c([N+](=O)[O-])c4)cc3C2=O)cc1. The Morgan fingerprint density at radius 1 is 1.00 bits per heavy atom. The van der Waals surface area contributed by atoms with Crippen LogP contribution in [-0.2, 0) is 0 Å².